The lowest BCUT2D eigenvalue weighted by Crippen LogP contribution is -2.46. The van der Waals surface area contributed by atoms with Crippen LogP contribution in [-0.4, -0.2) is 80.4 Å². The minimum atomic E-state index is -4.67. The van der Waals surface area contributed by atoms with Crippen LogP contribution in [0.1, 0.15) is 0 Å². The summed E-state index contributed by atoms with van der Waals surface area (Å²) in [7, 11) is -4.67. The van der Waals surface area contributed by atoms with Crippen molar-refractivity contribution in [2.75, 3.05) is 6.61 Å². The van der Waals surface area contributed by atoms with E-state index in [1.807, 2.05) is 0 Å². The fourth-order valence-corrected chi connectivity index (χ4v) is 0.618. The average molecular weight is 278 g/mol. The first-order valence-electron chi connectivity index (χ1n) is 4.02. The van der Waals surface area contributed by atoms with Gasteiger partial charge in [0.2, 0.25) is 0 Å². The lowest BCUT2D eigenvalue weighted by molar-refractivity contribution is -0.136. The molecule has 0 aromatic rings. The van der Waals surface area contributed by atoms with Gasteiger partial charge in [-0.05, 0) is 0 Å². The zero-order valence-corrected chi connectivity index (χ0v) is 9.17. The van der Waals surface area contributed by atoms with Crippen molar-refractivity contribution in [3.8, 4) is 0 Å². The van der Waals surface area contributed by atoms with Crippen LogP contribution in [0.25, 0.3) is 0 Å². The van der Waals surface area contributed by atoms with Crippen LogP contribution in [0.3, 0.4) is 0 Å². The van der Waals surface area contributed by atoms with Crippen LogP contribution in [0, 0.1) is 0 Å². The van der Waals surface area contributed by atoms with Crippen molar-refractivity contribution in [3.05, 3.63) is 0 Å². The van der Waals surface area contributed by atoms with Gasteiger partial charge in [-0.15, -0.1) is 0 Å². The molecular weight excluding hydrogens is 264 g/mol. The van der Waals surface area contributed by atoms with Crippen molar-refractivity contribution in [2.45, 2.75) is 24.4 Å². The van der Waals surface area contributed by atoms with E-state index in [0.717, 1.165) is 0 Å². The summed E-state index contributed by atoms with van der Waals surface area (Å²) in [6, 6.07) is 0. The summed E-state index contributed by atoms with van der Waals surface area (Å²) in [6.45, 7) is -0.760. The Kier molecular flexibility index (Phi) is 9.28. The molecule has 0 saturated heterocycles. The number of aliphatic hydroxyl groups excluding tert-OH is 5. The van der Waals surface area contributed by atoms with Crippen LogP contribution in [0.5, 0.6) is 0 Å². The quantitative estimate of drug-likeness (QED) is 0.192. The number of aliphatic hydroxyl groups is 5. The molecule has 0 rings (SSSR count). The molecule has 7 N–H and O–H groups in total. The van der Waals surface area contributed by atoms with Crippen LogP contribution in [-0.2, 0) is 15.2 Å². The van der Waals surface area contributed by atoms with E-state index in [9.17, 15) is 4.79 Å². The number of hydrogen-bond acceptors (Lipinski definition) is 8. The van der Waals surface area contributed by atoms with Gasteiger partial charge in [-0.25, -0.2) is 0 Å². The second-order valence-electron chi connectivity index (χ2n) is 2.81. The van der Waals surface area contributed by atoms with E-state index in [2.05, 4.69) is 0 Å². The summed E-state index contributed by atoms with van der Waals surface area (Å²) in [5.41, 5.74) is 0. The van der Waals surface area contributed by atoms with Gasteiger partial charge in [0, 0.05) is 0 Å². The van der Waals surface area contributed by atoms with E-state index < -0.39 is 41.4 Å². The number of aldehydes is 1. The fraction of sp³-hybridized carbons (Fsp3) is 0.833. The molecule has 0 aromatic heterocycles. The topological polar surface area (TPSA) is 193 Å². The lowest BCUT2D eigenvalue weighted by atomic mass is 10.0. The predicted molar refractivity (Wildman–Crippen MR) is 51.4 cm³/mol. The molecule has 0 aliphatic heterocycles. The molecule has 0 aliphatic carbocycles. The maximum absolute atomic E-state index is 9.90. The first-order chi connectivity index (χ1) is 7.54. The van der Waals surface area contributed by atoms with Gasteiger partial charge < -0.3 is 30.3 Å². The molecule has 104 valence electrons. The maximum Gasteiger partial charge on any atom is 0.394 e. The summed E-state index contributed by atoms with van der Waals surface area (Å²) < 4.78 is 31.6. The van der Waals surface area contributed by atoms with E-state index in [-0.39, 0.29) is 6.29 Å². The Morgan fingerprint density at radius 3 is 1.59 bits per heavy atom. The van der Waals surface area contributed by atoms with Crippen molar-refractivity contribution in [1.82, 2.24) is 0 Å². The summed E-state index contributed by atoms with van der Waals surface area (Å²) in [4.78, 5) is 9.90. The van der Waals surface area contributed by atoms with Crippen LogP contribution < -0.4 is 0 Å². The van der Waals surface area contributed by atoms with Crippen molar-refractivity contribution in [1.29, 1.82) is 0 Å². The predicted octanol–water partition coefficient (Wildman–Crippen LogP) is -4.03. The van der Waals surface area contributed by atoms with E-state index in [4.69, 9.17) is 43.1 Å². The molecule has 0 aliphatic rings. The monoisotopic (exact) mass is 278 g/mol. The van der Waals surface area contributed by atoms with E-state index in [0.29, 0.717) is 0 Å². The van der Waals surface area contributed by atoms with Crippen molar-refractivity contribution in [2.24, 2.45) is 0 Å². The van der Waals surface area contributed by atoms with Crippen LogP contribution in [0.15, 0.2) is 0 Å². The molecule has 0 fully saturated rings. The maximum atomic E-state index is 9.90. The Bertz CT molecular complexity index is 292. The van der Waals surface area contributed by atoms with Gasteiger partial charge in [-0.1, -0.05) is 0 Å². The number of carbonyl (C=O) groups excluding carboxylic acids is 1. The molecule has 0 saturated carbocycles. The van der Waals surface area contributed by atoms with E-state index >= 15 is 0 Å². The smallest absolute Gasteiger partial charge is 0.394 e. The Morgan fingerprint density at radius 1 is 1.00 bits per heavy atom. The molecule has 0 heterocycles. The average Bonchev–Trinajstić information content (AvgIpc) is 2.22. The van der Waals surface area contributed by atoms with Gasteiger partial charge >= 0.3 is 10.4 Å². The largest absolute Gasteiger partial charge is 0.394 e. The standard InChI is InChI=1S/C6H12O6.H2O4S/c7-1-3(9)5(11)6(12)4(10)2-8;1-5(2,3)4/h1,3-6,8-12H,2H2;(H2,1,2,3,4)/t3-,4-,5-,6-;/m1./s1. The summed E-state index contributed by atoms with van der Waals surface area (Å²) in [5.74, 6) is 0. The molecule has 11 heteroatoms. The molecule has 4 atom stereocenters. The minimum absolute atomic E-state index is 0.0258. The summed E-state index contributed by atoms with van der Waals surface area (Å²) in [6.07, 6.45) is -6.84. The molecule has 0 unspecified atom stereocenters. The molecule has 17 heavy (non-hydrogen) atoms. The fourth-order valence-electron chi connectivity index (χ4n) is 0.618. The highest BCUT2D eigenvalue weighted by atomic mass is 32.3. The highest BCUT2D eigenvalue weighted by Crippen LogP contribution is 2.02. The number of rotatable bonds is 5. The van der Waals surface area contributed by atoms with Crippen LogP contribution >= 0.6 is 0 Å². The van der Waals surface area contributed by atoms with Crippen LogP contribution in [0.4, 0.5) is 0 Å². The zero-order chi connectivity index (χ0) is 14.2. The second-order valence-corrected chi connectivity index (χ2v) is 3.70. The van der Waals surface area contributed by atoms with E-state index in [1.54, 1.807) is 0 Å². The molecular formula is C6H14O10S. The first kappa shape index (κ1) is 18.7. The van der Waals surface area contributed by atoms with Crippen molar-refractivity contribution in [3.63, 3.8) is 0 Å². The molecule has 0 bridgehead atoms. The van der Waals surface area contributed by atoms with Gasteiger partial charge in [0.25, 0.3) is 0 Å². The molecule has 0 radical (unpaired) electrons. The van der Waals surface area contributed by atoms with Crippen molar-refractivity contribution >= 4 is 16.7 Å². The van der Waals surface area contributed by atoms with Crippen molar-refractivity contribution < 1.29 is 47.9 Å². The Morgan fingerprint density at radius 2 is 1.35 bits per heavy atom. The molecule has 0 amide bonds. The summed E-state index contributed by atoms with van der Waals surface area (Å²) >= 11 is 0. The Balaban J connectivity index is 0. The first-order valence-corrected chi connectivity index (χ1v) is 5.42. The Hall–Kier alpha value is -0.660. The second kappa shape index (κ2) is 8.43. The number of carbonyl (C=O) groups is 1. The molecule has 0 aromatic carbocycles. The highest BCUT2D eigenvalue weighted by Gasteiger charge is 2.29. The molecule has 0 spiro atoms. The van der Waals surface area contributed by atoms with Gasteiger partial charge in [0.1, 0.15) is 24.4 Å². The third kappa shape index (κ3) is 11.6. The SMILES string of the molecule is O=C[C@@H](O)[C@@H](O)[C@H](O)[C@H](O)CO.O=S(=O)(O)O. The molecule has 10 nitrogen and oxygen atoms in total. The van der Waals surface area contributed by atoms with Gasteiger partial charge in [-0.3, -0.25) is 9.11 Å². The number of hydrogen-bond donors (Lipinski definition) is 7. The normalized spacial score (nSPS) is 18.3. The highest BCUT2D eigenvalue weighted by molar-refractivity contribution is 7.79. The van der Waals surface area contributed by atoms with Gasteiger partial charge in [-0.2, -0.15) is 8.42 Å². The summed E-state index contributed by atoms with van der Waals surface area (Å²) in [5, 5.41) is 43.5. The van der Waals surface area contributed by atoms with Gasteiger partial charge in [0.15, 0.2) is 6.29 Å². The van der Waals surface area contributed by atoms with Crippen LogP contribution in [0.2, 0.25) is 0 Å². The third-order valence-electron chi connectivity index (χ3n) is 1.42. The lowest BCUT2D eigenvalue weighted by Gasteiger charge is -2.22. The van der Waals surface area contributed by atoms with Gasteiger partial charge in [0.05, 0.1) is 6.61 Å². The third-order valence-corrected chi connectivity index (χ3v) is 1.42. The van der Waals surface area contributed by atoms with E-state index in [1.165, 1.54) is 0 Å². The Labute approximate surface area is 96.3 Å². The minimum Gasteiger partial charge on any atom is -0.394 e. The zero-order valence-electron chi connectivity index (χ0n) is 8.36.